The Bertz CT molecular complexity index is 807. The highest BCUT2D eigenvalue weighted by molar-refractivity contribution is 14.0. The molecular formula is C24H35IN4O2. The summed E-state index contributed by atoms with van der Waals surface area (Å²) in [5.41, 5.74) is 3.74. The van der Waals surface area contributed by atoms with Gasteiger partial charge in [-0.25, -0.2) is 4.99 Å². The molecule has 0 radical (unpaired) electrons. The van der Waals surface area contributed by atoms with Gasteiger partial charge in [-0.3, -0.25) is 4.90 Å². The smallest absolute Gasteiger partial charge is 0.191 e. The number of hydrogen-bond acceptors (Lipinski definition) is 4. The van der Waals surface area contributed by atoms with E-state index in [0.717, 1.165) is 51.1 Å². The predicted octanol–water partition coefficient (Wildman–Crippen LogP) is 3.75. The van der Waals surface area contributed by atoms with Crippen LogP contribution in [0.4, 0.5) is 0 Å². The molecule has 1 fully saturated rings. The second-order valence-electron chi connectivity index (χ2n) is 7.50. The second-order valence-corrected chi connectivity index (χ2v) is 7.50. The van der Waals surface area contributed by atoms with E-state index in [0.29, 0.717) is 6.54 Å². The first-order valence-corrected chi connectivity index (χ1v) is 10.7. The van der Waals surface area contributed by atoms with E-state index in [1.165, 1.54) is 16.7 Å². The fourth-order valence-corrected chi connectivity index (χ4v) is 3.69. The number of guanidine groups is 1. The molecule has 1 aliphatic rings. The molecule has 0 aromatic heterocycles. The van der Waals surface area contributed by atoms with E-state index in [1.54, 1.807) is 7.11 Å². The molecule has 3 rings (SSSR count). The Kier molecular flexibility index (Phi) is 11.1. The Balaban J connectivity index is 0.00000341. The first-order chi connectivity index (χ1) is 14.7. The minimum Gasteiger partial charge on any atom is -0.497 e. The van der Waals surface area contributed by atoms with Crippen molar-refractivity contribution >= 4 is 29.9 Å². The molecule has 6 nitrogen and oxygen atoms in total. The van der Waals surface area contributed by atoms with Crippen molar-refractivity contribution in [2.45, 2.75) is 26.4 Å². The fourth-order valence-electron chi connectivity index (χ4n) is 3.69. The van der Waals surface area contributed by atoms with Crippen LogP contribution < -0.4 is 15.4 Å². The lowest BCUT2D eigenvalue weighted by atomic mass is 10.0. The molecule has 7 heteroatoms. The molecule has 1 atom stereocenters. The van der Waals surface area contributed by atoms with Gasteiger partial charge < -0.3 is 20.1 Å². The summed E-state index contributed by atoms with van der Waals surface area (Å²) in [4.78, 5) is 7.27. The Morgan fingerprint density at radius 2 is 1.87 bits per heavy atom. The van der Waals surface area contributed by atoms with Gasteiger partial charge in [-0.15, -0.1) is 24.0 Å². The maximum Gasteiger partial charge on any atom is 0.191 e. The summed E-state index contributed by atoms with van der Waals surface area (Å²) >= 11 is 0. The Morgan fingerprint density at radius 3 is 2.52 bits per heavy atom. The zero-order chi connectivity index (χ0) is 21.2. The van der Waals surface area contributed by atoms with E-state index >= 15 is 0 Å². The predicted molar refractivity (Wildman–Crippen MR) is 138 cm³/mol. The summed E-state index contributed by atoms with van der Waals surface area (Å²) in [6.45, 7) is 9.84. The van der Waals surface area contributed by atoms with E-state index in [9.17, 15) is 0 Å². The van der Waals surface area contributed by atoms with Crippen LogP contribution >= 0.6 is 24.0 Å². The fraction of sp³-hybridized carbons (Fsp3) is 0.458. The van der Waals surface area contributed by atoms with Crippen molar-refractivity contribution in [3.8, 4) is 5.75 Å². The molecule has 0 amide bonds. The third-order valence-electron chi connectivity index (χ3n) is 5.30. The number of morpholine rings is 1. The number of hydrogen-bond donors (Lipinski definition) is 2. The van der Waals surface area contributed by atoms with E-state index < -0.39 is 0 Å². The van der Waals surface area contributed by atoms with Crippen LogP contribution in [0.1, 0.15) is 29.7 Å². The monoisotopic (exact) mass is 538 g/mol. The molecule has 0 saturated carbocycles. The van der Waals surface area contributed by atoms with Gasteiger partial charge in [0.05, 0.1) is 32.9 Å². The van der Waals surface area contributed by atoms with Crippen LogP contribution in [0.15, 0.2) is 53.5 Å². The molecule has 2 aromatic carbocycles. The maximum atomic E-state index is 5.57. The van der Waals surface area contributed by atoms with Crippen molar-refractivity contribution < 1.29 is 9.47 Å². The molecule has 1 saturated heterocycles. The number of aryl methyl sites for hydroxylation is 1. The quantitative estimate of drug-likeness (QED) is 0.305. The van der Waals surface area contributed by atoms with Gasteiger partial charge in [-0.2, -0.15) is 0 Å². The van der Waals surface area contributed by atoms with Crippen molar-refractivity contribution in [3.05, 3.63) is 65.2 Å². The number of nitrogens with zero attached hydrogens (tertiary/aromatic N) is 2. The second kappa shape index (κ2) is 13.5. The van der Waals surface area contributed by atoms with Gasteiger partial charge in [0.2, 0.25) is 0 Å². The van der Waals surface area contributed by atoms with Gasteiger partial charge in [-0.1, -0.05) is 42.0 Å². The molecule has 31 heavy (non-hydrogen) atoms. The number of halogens is 1. The van der Waals surface area contributed by atoms with E-state index in [1.807, 2.05) is 12.1 Å². The maximum absolute atomic E-state index is 5.57. The van der Waals surface area contributed by atoms with Crippen LogP contribution in [0, 0.1) is 6.92 Å². The SMILES string of the molecule is CCNC(=NCc1cccc(C)c1)NCC(c1ccc(OC)cc1)N1CCOCC1.I. The topological polar surface area (TPSA) is 58.1 Å². The van der Waals surface area contributed by atoms with Crippen LogP contribution in [0.5, 0.6) is 5.75 Å². The van der Waals surface area contributed by atoms with Gasteiger partial charge in [0, 0.05) is 26.2 Å². The van der Waals surface area contributed by atoms with E-state index in [-0.39, 0.29) is 30.0 Å². The van der Waals surface area contributed by atoms with Crippen LogP contribution in [-0.2, 0) is 11.3 Å². The lowest BCUT2D eigenvalue weighted by Gasteiger charge is -2.35. The highest BCUT2D eigenvalue weighted by Crippen LogP contribution is 2.23. The highest BCUT2D eigenvalue weighted by Gasteiger charge is 2.23. The first kappa shape index (κ1) is 25.4. The summed E-state index contributed by atoms with van der Waals surface area (Å²) in [6.07, 6.45) is 0. The van der Waals surface area contributed by atoms with Crippen molar-refractivity contribution in [2.75, 3.05) is 46.5 Å². The zero-order valence-electron chi connectivity index (χ0n) is 18.8. The molecular weight excluding hydrogens is 503 g/mol. The summed E-state index contributed by atoms with van der Waals surface area (Å²) in [5, 5.41) is 6.93. The molecule has 1 unspecified atom stereocenters. The van der Waals surface area contributed by atoms with Crippen LogP contribution in [0.25, 0.3) is 0 Å². The molecule has 2 aromatic rings. The minimum absolute atomic E-state index is 0. The molecule has 0 bridgehead atoms. The van der Waals surface area contributed by atoms with Gasteiger partial charge >= 0.3 is 0 Å². The lowest BCUT2D eigenvalue weighted by molar-refractivity contribution is 0.0170. The van der Waals surface area contributed by atoms with E-state index in [2.05, 4.69) is 65.8 Å². The molecule has 1 aliphatic heterocycles. The van der Waals surface area contributed by atoms with Crippen LogP contribution in [0.2, 0.25) is 0 Å². The van der Waals surface area contributed by atoms with Gasteiger partial charge in [0.25, 0.3) is 0 Å². The van der Waals surface area contributed by atoms with Gasteiger partial charge in [0.15, 0.2) is 5.96 Å². The molecule has 0 aliphatic carbocycles. The van der Waals surface area contributed by atoms with E-state index in [4.69, 9.17) is 14.5 Å². The van der Waals surface area contributed by atoms with Crippen LogP contribution in [-0.4, -0.2) is 57.4 Å². The summed E-state index contributed by atoms with van der Waals surface area (Å²) in [5.74, 6) is 1.71. The standard InChI is InChI=1S/C24H34N4O2.HI/c1-4-25-24(26-17-20-7-5-6-19(2)16-20)27-18-23(28-12-14-30-15-13-28)21-8-10-22(29-3)11-9-21;/h5-11,16,23H,4,12-15,17-18H2,1-3H3,(H2,25,26,27);1H. The number of benzene rings is 2. The Hall–Kier alpha value is -1.84. The molecule has 0 spiro atoms. The van der Waals surface area contributed by atoms with Crippen molar-refractivity contribution in [1.82, 2.24) is 15.5 Å². The Morgan fingerprint density at radius 1 is 1.13 bits per heavy atom. The van der Waals surface area contributed by atoms with Crippen LogP contribution in [0.3, 0.4) is 0 Å². The third-order valence-corrected chi connectivity index (χ3v) is 5.30. The molecule has 2 N–H and O–H groups in total. The lowest BCUT2D eigenvalue weighted by Crippen LogP contribution is -2.46. The highest BCUT2D eigenvalue weighted by atomic mass is 127. The molecule has 170 valence electrons. The Labute approximate surface area is 203 Å². The normalized spacial score (nSPS) is 15.6. The van der Waals surface area contributed by atoms with Crippen molar-refractivity contribution in [3.63, 3.8) is 0 Å². The van der Waals surface area contributed by atoms with Crippen molar-refractivity contribution in [2.24, 2.45) is 4.99 Å². The number of nitrogens with one attached hydrogen (secondary N) is 2. The average molecular weight is 538 g/mol. The number of methoxy groups -OCH3 is 1. The minimum atomic E-state index is 0. The summed E-state index contributed by atoms with van der Waals surface area (Å²) < 4.78 is 10.9. The molecule has 1 heterocycles. The van der Waals surface area contributed by atoms with Crippen molar-refractivity contribution in [1.29, 1.82) is 0 Å². The van der Waals surface area contributed by atoms with Gasteiger partial charge in [-0.05, 0) is 37.1 Å². The first-order valence-electron chi connectivity index (χ1n) is 10.7. The average Bonchev–Trinajstić information content (AvgIpc) is 2.78. The number of ether oxygens (including phenoxy) is 2. The number of aliphatic imine (C=N–C) groups is 1. The summed E-state index contributed by atoms with van der Waals surface area (Å²) in [7, 11) is 1.70. The van der Waals surface area contributed by atoms with Gasteiger partial charge in [0.1, 0.15) is 5.75 Å². The number of rotatable bonds is 8. The third kappa shape index (κ3) is 7.97. The largest absolute Gasteiger partial charge is 0.497 e. The zero-order valence-corrected chi connectivity index (χ0v) is 21.1. The summed E-state index contributed by atoms with van der Waals surface area (Å²) in [6, 6.07) is 17.1.